The molecule has 0 bridgehead atoms. The molecule has 1 nitrogen and oxygen atoms in total. The van der Waals surface area contributed by atoms with Crippen molar-refractivity contribution in [2.24, 2.45) is 0 Å². The summed E-state index contributed by atoms with van der Waals surface area (Å²) in [5.41, 5.74) is 11.5. The zero-order valence-corrected chi connectivity index (χ0v) is 26.7. The van der Waals surface area contributed by atoms with Crippen LogP contribution in [0.25, 0.3) is 21.7 Å². The van der Waals surface area contributed by atoms with E-state index in [4.69, 9.17) is 4.74 Å². The molecule has 0 fully saturated rings. The van der Waals surface area contributed by atoms with Crippen LogP contribution in [0, 0.1) is 27.7 Å². The lowest BCUT2D eigenvalue weighted by molar-refractivity contribution is 0.414. The van der Waals surface area contributed by atoms with Crippen molar-refractivity contribution in [2.75, 3.05) is 7.11 Å². The van der Waals surface area contributed by atoms with Gasteiger partial charge in [0.1, 0.15) is 5.75 Å². The Hall–Kier alpha value is -3.76. The van der Waals surface area contributed by atoms with Crippen LogP contribution in [0.1, 0.15) is 55.8 Å². The van der Waals surface area contributed by atoms with Gasteiger partial charge in [0.2, 0.25) is 0 Å². The highest BCUT2D eigenvalue weighted by Crippen LogP contribution is 2.80. The molecule has 42 heavy (non-hydrogen) atoms. The Morgan fingerprint density at radius 3 is 1.24 bits per heavy atom. The predicted octanol–water partition coefficient (Wildman–Crippen LogP) is 11.8. The van der Waals surface area contributed by atoms with E-state index in [9.17, 15) is 0 Å². The number of rotatable bonds is 5. The molecule has 0 spiro atoms. The molecule has 0 radical (unpaired) electrons. The molecule has 7 rings (SSSR count). The molecule has 4 unspecified atom stereocenters. The van der Waals surface area contributed by atoms with E-state index in [1.807, 2.05) is 0 Å². The van der Waals surface area contributed by atoms with Gasteiger partial charge in [0.15, 0.2) is 0 Å². The Balaban J connectivity index is 1.66. The Morgan fingerprint density at radius 1 is 0.452 bits per heavy atom. The third-order valence-electron chi connectivity index (χ3n) is 9.33. The second-order valence-corrected chi connectivity index (χ2v) is 17.0. The van der Waals surface area contributed by atoms with Gasteiger partial charge in [-0.25, -0.2) is 0 Å². The fraction of sp³-hybridized carbons (Fsp3) is 0.179. The van der Waals surface area contributed by atoms with Gasteiger partial charge >= 0.3 is 0 Å². The van der Waals surface area contributed by atoms with E-state index in [2.05, 4.69) is 143 Å². The first kappa shape index (κ1) is 27.1. The molecule has 4 aromatic carbocycles. The van der Waals surface area contributed by atoms with Crippen LogP contribution in [0.15, 0.2) is 115 Å². The molecule has 1 aliphatic heterocycles. The van der Waals surface area contributed by atoms with E-state index in [-0.39, 0.29) is 11.8 Å². The Morgan fingerprint density at radius 2 is 0.833 bits per heavy atom. The third-order valence-corrected chi connectivity index (χ3v) is 17.6. The van der Waals surface area contributed by atoms with Crippen LogP contribution < -0.4 is 4.74 Å². The minimum atomic E-state index is -0.609. The highest BCUT2D eigenvalue weighted by Gasteiger charge is 2.43. The quantitative estimate of drug-likeness (QED) is 0.196. The largest absolute Gasteiger partial charge is 0.497 e. The van der Waals surface area contributed by atoms with Gasteiger partial charge in [-0.2, -0.15) is 0 Å². The zero-order valence-electron chi connectivity index (χ0n) is 24.9. The second kappa shape index (κ2) is 10.8. The topological polar surface area (TPSA) is 9.23 Å². The molecular formula is C39H36OP2. The summed E-state index contributed by atoms with van der Waals surface area (Å²) >= 11 is 0. The monoisotopic (exact) mass is 582 g/mol. The molecule has 0 amide bonds. The first-order chi connectivity index (χ1) is 20.5. The molecule has 2 aromatic heterocycles. The predicted molar refractivity (Wildman–Crippen MR) is 182 cm³/mol. The highest BCUT2D eigenvalue weighted by atomic mass is 32.0. The lowest BCUT2D eigenvalue weighted by atomic mass is 9.77. The van der Waals surface area contributed by atoms with Gasteiger partial charge in [-0.15, -0.1) is 0 Å². The fourth-order valence-corrected chi connectivity index (χ4v) is 18.0. The summed E-state index contributed by atoms with van der Waals surface area (Å²) in [6.07, 6.45) is 0. The Bertz CT molecular complexity index is 1880. The summed E-state index contributed by atoms with van der Waals surface area (Å²) in [6.45, 7) is 9.58. The highest BCUT2D eigenvalue weighted by molar-refractivity contribution is 8.25. The van der Waals surface area contributed by atoms with Crippen molar-refractivity contribution < 1.29 is 4.74 Å². The number of hydrogen-bond donors (Lipinski definition) is 0. The summed E-state index contributed by atoms with van der Waals surface area (Å²) in [5.74, 6) is 1.47. The molecule has 0 saturated carbocycles. The summed E-state index contributed by atoms with van der Waals surface area (Å²) in [4.78, 5) is 0. The van der Waals surface area contributed by atoms with Crippen LogP contribution >= 0.6 is 14.4 Å². The van der Waals surface area contributed by atoms with Gasteiger partial charge in [-0.3, -0.25) is 0 Å². The maximum Gasteiger partial charge on any atom is 0.118 e. The number of ether oxygens (including phenoxy) is 1. The molecular weight excluding hydrogens is 546 g/mol. The van der Waals surface area contributed by atoms with Crippen LogP contribution in [-0.4, -0.2) is 7.11 Å². The van der Waals surface area contributed by atoms with Crippen LogP contribution in [0.5, 0.6) is 5.75 Å². The van der Waals surface area contributed by atoms with Crippen molar-refractivity contribution in [1.82, 2.24) is 0 Å². The van der Waals surface area contributed by atoms with Crippen molar-refractivity contribution in [2.45, 2.75) is 39.5 Å². The van der Waals surface area contributed by atoms with Crippen LogP contribution in [0.3, 0.4) is 0 Å². The van der Waals surface area contributed by atoms with E-state index in [1.54, 1.807) is 28.3 Å². The van der Waals surface area contributed by atoms with Crippen molar-refractivity contribution >= 4 is 14.4 Å². The Labute approximate surface area is 251 Å². The zero-order chi connectivity index (χ0) is 29.0. The average molecular weight is 583 g/mol. The SMILES string of the molecule is COc1ccc(C2c3c(C)c(C)c(-c4ccccc4)p3-p3c(-c4ccccc4)c(C)c(C)c3C2c2ccccc2)cc1. The molecule has 1 aliphatic rings. The summed E-state index contributed by atoms with van der Waals surface area (Å²) < 4.78 is 5.60. The van der Waals surface area contributed by atoms with Crippen LogP contribution in [0.2, 0.25) is 0 Å². The fourth-order valence-electron chi connectivity index (χ4n) is 7.12. The smallest absolute Gasteiger partial charge is 0.118 e. The minimum absolute atomic E-state index is 0.271. The van der Waals surface area contributed by atoms with Crippen molar-refractivity contribution in [3.8, 4) is 27.5 Å². The molecule has 0 saturated heterocycles. The van der Waals surface area contributed by atoms with Crippen molar-refractivity contribution in [1.29, 1.82) is 0 Å². The summed E-state index contributed by atoms with van der Waals surface area (Å²) in [7, 11) is 0.545. The molecule has 0 aliphatic carbocycles. The molecule has 3 heteroatoms. The number of fused-ring (bicyclic) bond motifs is 3. The van der Waals surface area contributed by atoms with E-state index in [0.717, 1.165) is 5.75 Å². The van der Waals surface area contributed by atoms with Gasteiger partial charge in [-0.1, -0.05) is 118 Å². The van der Waals surface area contributed by atoms with Gasteiger partial charge in [0, 0.05) is 22.4 Å². The lowest BCUT2D eigenvalue weighted by Gasteiger charge is -2.36. The van der Waals surface area contributed by atoms with E-state index in [0.29, 0.717) is 0 Å². The molecule has 3 heterocycles. The third kappa shape index (κ3) is 4.14. The average Bonchev–Trinajstić information content (AvgIpc) is 3.46. The Kier molecular flexibility index (Phi) is 6.98. The van der Waals surface area contributed by atoms with Crippen molar-refractivity contribution in [3.63, 3.8) is 0 Å². The van der Waals surface area contributed by atoms with E-state index < -0.39 is 14.4 Å². The molecule has 0 N–H and O–H groups in total. The lowest BCUT2D eigenvalue weighted by Crippen LogP contribution is -2.16. The summed E-state index contributed by atoms with van der Waals surface area (Å²) in [5, 5.41) is 6.53. The maximum absolute atomic E-state index is 5.60. The maximum atomic E-state index is 5.60. The van der Waals surface area contributed by atoms with Crippen molar-refractivity contribution in [3.05, 3.63) is 159 Å². The standard InChI is InChI=1S/C39H36OP2/c1-25-27(3)38-34(29-15-9-6-10-16-29)35(30-21-23-33(40-5)24-22-30)39-28(4)26(2)37(32-19-13-8-14-20-32)42(39)41(38)36(25)31-17-11-7-12-18-31/h6-24,34-35H,1-5H3. The first-order valence-corrected chi connectivity index (χ1v) is 18.1. The molecule has 6 aromatic rings. The molecule has 208 valence electrons. The van der Waals surface area contributed by atoms with Gasteiger partial charge in [0.05, 0.1) is 7.11 Å². The van der Waals surface area contributed by atoms with E-state index >= 15 is 0 Å². The second-order valence-electron chi connectivity index (χ2n) is 11.5. The number of benzene rings is 4. The van der Waals surface area contributed by atoms with Crippen LogP contribution in [-0.2, 0) is 0 Å². The van der Waals surface area contributed by atoms with Gasteiger partial charge in [0.25, 0.3) is 0 Å². The molecule has 4 atom stereocenters. The number of hydrogen-bond acceptors (Lipinski definition) is 1. The van der Waals surface area contributed by atoms with E-state index in [1.165, 1.54) is 44.5 Å². The summed E-state index contributed by atoms with van der Waals surface area (Å²) in [6, 6.07) is 42.7. The first-order valence-electron chi connectivity index (χ1n) is 14.7. The van der Waals surface area contributed by atoms with Gasteiger partial charge < -0.3 is 4.74 Å². The van der Waals surface area contributed by atoms with Crippen LogP contribution in [0.4, 0.5) is 0 Å². The minimum Gasteiger partial charge on any atom is -0.497 e. The number of methoxy groups -OCH3 is 1. The normalized spacial score (nSPS) is 16.6. The van der Waals surface area contributed by atoms with Gasteiger partial charge in [-0.05, 0) is 94.9 Å².